The molecule has 2 aromatic carbocycles. The van der Waals surface area contributed by atoms with Crippen LogP contribution in [0.2, 0.25) is 0 Å². The van der Waals surface area contributed by atoms with Gasteiger partial charge in [-0.3, -0.25) is 9.10 Å². The molecule has 0 bridgehead atoms. The maximum atomic E-state index is 13.3. The van der Waals surface area contributed by atoms with Crippen LogP contribution in [0.5, 0.6) is 5.75 Å². The molecule has 0 aliphatic carbocycles. The first kappa shape index (κ1) is 18.7. The van der Waals surface area contributed by atoms with Crippen molar-refractivity contribution in [3.05, 3.63) is 60.4 Å². The number of nitrogens with one attached hydrogen (secondary N) is 1. The molecule has 0 spiro atoms. The van der Waals surface area contributed by atoms with Crippen molar-refractivity contribution in [2.24, 2.45) is 0 Å². The van der Waals surface area contributed by atoms with Crippen LogP contribution in [0.3, 0.4) is 0 Å². The molecule has 0 aliphatic rings. The number of ether oxygens (including phenoxy) is 1. The molecule has 1 amide bonds. The maximum Gasteiger partial charge on any atom is 0.258 e. The third kappa shape index (κ3) is 6.07. The average molecular weight is 366 g/mol. The summed E-state index contributed by atoms with van der Waals surface area (Å²) < 4.78 is 43.4. The van der Waals surface area contributed by atoms with E-state index in [4.69, 9.17) is 4.74 Å². The molecule has 25 heavy (non-hydrogen) atoms. The van der Waals surface area contributed by atoms with Gasteiger partial charge in [-0.25, -0.2) is 12.8 Å². The summed E-state index contributed by atoms with van der Waals surface area (Å²) in [5.74, 6) is -0.349. The van der Waals surface area contributed by atoms with Gasteiger partial charge in [-0.15, -0.1) is 0 Å². The van der Waals surface area contributed by atoms with E-state index < -0.39 is 15.8 Å². The van der Waals surface area contributed by atoms with Gasteiger partial charge in [-0.05, 0) is 30.3 Å². The standard InChI is InChI=1S/C17H19FN2O4S/c1-25(22,23)20(15-7-5-6-14(18)12-15)11-10-19-17(21)13-24-16-8-3-2-4-9-16/h2-9,12H,10-11,13H2,1H3,(H,19,21). The first-order chi connectivity index (χ1) is 11.9. The number of para-hydroxylation sites is 1. The fraction of sp³-hybridized carbons (Fsp3) is 0.235. The van der Waals surface area contributed by atoms with E-state index in [1.54, 1.807) is 24.3 Å². The Balaban J connectivity index is 1.87. The number of benzene rings is 2. The lowest BCUT2D eigenvalue weighted by atomic mass is 10.3. The van der Waals surface area contributed by atoms with Gasteiger partial charge in [0.25, 0.3) is 5.91 Å². The van der Waals surface area contributed by atoms with Gasteiger partial charge >= 0.3 is 0 Å². The van der Waals surface area contributed by atoms with E-state index in [-0.39, 0.29) is 31.3 Å². The molecule has 0 aromatic heterocycles. The molecule has 0 heterocycles. The smallest absolute Gasteiger partial charge is 0.258 e. The highest BCUT2D eigenvalue weighted by Crippen LogP contribution is 2.17. The lowest BCUT2D eigenvalue weighted by molar-refractivity contribution is -0.123. The molecular formula is C17H19FN2O4S. The van der Waals surface area contributed by atoms with Gasteiger partial charge in [0.1, 0.15) is 11.6 Å². The molecule has 0 saturated carbocycles. The Labute approximate surface area is 146 Å². The highest BCUT2D eigenvalue weighted by molar-refractivity contribution is 7.92. The largest absolute Gasteiger partial charge is 0.484 e. The summed E-state index contributed by atoms with van der Waals surface area (Å²) in [6, 6.07) is 14.1. The Hall–Kier alpha value is -2.61. The second kappa shape index (κ2) is 8.48. The number of sulfonamides is 1. The zero-order valence-electron chi connectivity index (χ0n) is 13.7. The molecule has 0 radical (unpaired) electrons. The number of anilines is 1. The van der Waals surface area contributed by atoms with Gasteiger partial charge in [-0.1, -0.05) is 24.3 Å². The van der Waals surface area contributed by atoms with Crippen molar-refractivity contribution in [2.75, 3.05) is 30.3 Å². The van der Waals surface area contributed by atoms with Gasteiger partial charge in [0.05, 0.1) is 18.5 Å². The zero-order chi connectivity index (χ0) is 18.3. The van der Waals surface area contributed by atoms with E-state index >= 15 is 0 Å². The highest BCUT2D eigenvalue weighted by atomic mass is 32.2. The molecule has 134 valence electrons. The molecule has 0 saturated heterocycles. The number of carbonyl (C=O) groups is 1. The minimum absolute atomic E-state index is 0.0145. The van der Waals surface area contributed by atoms with E-state index in [1.807, 2.05) is 6.07 Å². The van der Waals surface area contributed by atoms with Crippen LogP contribution in [0.25, 0.3) is 0 Å². The summed E-state index contributed by atoms with van der Waals surface area (Å²) in [5.41, 5.74) is 0.206. The molecule has 0 aliphatic heterocycles. The number of amides is 1. The van der Waals surface area contributed by atoms with Gasteiger partial charge in [0.15, 0.2) is 6.61 Å². The molecule has 0 atom stereocenters. The SMILES string of the molecule is CS(=O)(=O)N(CCNC(=O)COc1ccccc1)c1cccc(F)c1. The first-order valence-electron chi connectivity index (χ1n) is 7.54. The van der Waals surface area contributed by atoms with Crippen molar-refractivity contribution in [1.29, 1.82) is 0 Å². The Morgan fingerprint density at radius 1 is 1.16 bits per heavy atom. The Morgan fingerprint density at radius 3 is 2.52 bits per heavy atom. The van der Waals surface area contributed by atoms with Gasteiger partial charge in [0.2, 0.25) is 10.0 Å². The molecule has 0 fully saturated rings. The minimum Gasteiger partial charge on any atom is -0.484 e. The predicted octanol–water partition coefficient (Wildman–Crippen LogP) is 1.79. The van der Waals surface area contributed by atoms with E-state index in [1.165, 1.54) is 18.2 Å². The third-order valence-corrected chi connectivity index (χ3v) is 4.44. The zero-order valence-corrected chi connectivity index (χ0v) is 14.5. The van der Waals surface area contributed by atoms with Crippen LogP contribution in [-0.4, -0.2) is 40.3 Å². The van der Waals surface area contributed by atoms with Gasteiger partial charge in [-0.2, -0.15) is 0 Å². The topological polar surface area (TPSA) is 75.7 Å². The van der Waals surface area contributed by atoms with Gasteiger partial charge < -0.3 is 10.1 Å². The number of halogens is 1. The summed E-state index contributed by atoms with van der Waals surface area (Å²) in [7, 11) is -3.60. The molecular weight excluding hydrogens is 347 g/mol. The minimum atomic E-state index is -3.60. The Morgan fingerprint density at radius 2 is 1.88 bits per heavy atom. The molecule has 6 nitrogen and oxygen atoms in total. The second-order valence-corrected chi connectivity index (χ2v) is 7.17. The van der Waals surface area contributed by atoms with Crippen molar-refractivity contribution in [2.45, 2.75) is 0 Å². The predicted molar refractivity (Wildman–Crippen MR) is 93.5 cm³/mol. The number of hydrogen-bond donors (Lipinski definition) is 1. The summed E-state index contributed by atoms with van der Waals surface area (Å²) in [6.45, 7) is -0.122. The fourth-order valence-electron chi connectivity index (χ4n) is 2.13. The van der Waals surface area contributed by atoms with Crippen LogP contribution in [0.4, 0.5) is 10.1 Å². The fourth-order valence-corrected chi connectivity index (χ4v) is 3.05. The van der Waals surface area contributed by atoms with Crippen molar-refractivity contribution in [3.8, 4) is 5.75 Å². The second-order valence-electron chi connectivity index (χ2n) is 5.27. The van der Waals surface area contributed by atoms with Crippen LogP contribution in [0.15, 0.2) is 54.6 Å². The Kier molecular flexibility index (Phi) is 6.35. The van der Waals surface area contributed by atoms with E-state index in [9.17, 15) is 17.6 Å². The van der Waals surface area contributed by atoms with Crippen molar-refractivity contribution in [1.82, 2.24) is 5.32 Å². The van der Waals surface area contributed by atoms with E-state index in [2.05, 4.69) is 5.32 Å². The molecule has 0 unspecified atom stereocenters. The number of rotatable bonds is 8. The summed E-state index contributed by atoms with van der Waals surface area (Å²) in [4.78, 5) is 11.8. The average Bonchev–Trinajstić information content (AvgIpc) is 2.56. The summed E-state index contributed by atoms with van der Waals surface area (Å²) in [6.07, 6.45) is 1.03. The van der Waals surface area contributed by atoms with E-state index in [0.717, 1.165) is 16.6 Å². The van der Waals surface area contributed by atoms with Gasteiger partial charge in [0, 0.05) is 6.54 Å². The van der Waals surface area contributed by atoms with Crippen LogP contribution in [-0.2, 0) is 14.8 Å². The molecule has 8 heteroatoms. The maximum absolute atomic E-state index is 13.3. The first-order valence-corrected chi connectivity index (χ1v) is 9.39. The van der Waals surface area contributed by atoms with E-state index in [0.29, 0.717) is 5.75 Å². The summed E-state index contributed by atoms with van der Waals surface area (Å²) >= 11 is 0. The van der Waals surface area contributed by atoms with Crippen molar-refractivity contribution >= 4 is 21.6 Å². The highest BCUT2D eigenvalue weighted by Gasteiger charge is 2.17. The van der Waals surface area contributed by atoms with Crippen LogP contribution >= 0.6 is 0 Å². The Bertz CT molecular complexity index is 812. The van der Waals surface area contributed by atoms with Crippen LogP contribution in [0, 0.1) is 5.82 Å². The number of nitrogens with zero attached hydrogens (tertiary/aromatic N) is 1. The molecule has 1 N–H and O–H groups in total. The monoisotopic (exact) mass is 366 g/mol. The normalized spacial score (nSPS) is 11.0. The van der Waals surface area contributed by atoms with Crippen LogP contribution < -0.4 is 14.4 Å². The quantitative estimate of drug-likeness (QED) is 0.773. The van der Waals surface area contributed by atoms with Crippen molar-refractivity contribution < 1.29 is 22.3 Å². The van der Waals surface area contributed by atoms with Crippen molar-refractivity contribution in [3.63, 3.8) is 0 Å². The number of carbonyl (C=O) groups excluding carboxylic acids is 1. The lowest BCUT2D eigenvalue weighted by Gasteiger charge is -2.22. The summed E-state index contributed by atoms with van der Waals surface area (Å²) in [5, 5.41) is 2.58. The lowest BCUT2D eigenvalue weighted by Crippen LogP contribution is -2.39. The third-order valence-electron chi connectivity index (χ3n) is 3.25. The van der Waals surface area contributed by atoms with Crippen LogP contribution in [0.1, 0.15) is 0 Å². The molecule has 2 aromatic rings. The molecule has 2 rings (SSSR count). The number of hydrogen-bond acceptors (Lipinski definition) is 4.